The summed E-state index contributed by atoms with van der Waals surface area (Å²) in [5.74, 6) is 0.0537. The molecule has 3 aromatic rings. The van der Waals surface area contributed by atoms with Crippen LogP contribution in [0.15, 0.2) is 60.8 Å². The molecular weight excluding hydrogens is 284 g/mol. The van der Waals surface area contributed by atoms with Gasteiger partial charge in [0.15, 0.2) is 0 Å². The van der Waals surface area contributed by atoms with E-state index in [1.807, 2.05) is 29.0 Å². The van der Waals surface area contributed by atoms with Gasteiger partial charge in [-0.2, -0.15) is 0 Å². The van der Waals surface area contributed by atoms with Crippen LogP contribution in [0.3, 0.4) is 0 Å². The van der Waals surface area contributed by atoms with Crippen molar-refractivity contribution in [3.63, 3.8) is 0 Å². The van der Waals surface area contributed by atoms with E-state index in [4.69, 9.17) is 0 Å². The van der Waals surface area contributed by atoms with Crippen LogP contribution in [-0.2, 0) is 24.2 Å². The van der Waals surface area contributed by atoms with E-state index in [9.17, 15) is 4.79 Å². The molecule has 0 unspecified atom stereocenters. The van der Waals surface area contributed by atoms with E-state index in [0.29, 0.717) is 13.1 Å². The number of aromatic nitrogens is 1. The molecule has 1 aromatic heterocycles. The van der Waals surface area contributed by atoms with E-state index in [0.717, 1.165) is 18.4 Å². The highest BCUT2D eigenvalue weighted by Crippen LogP contribution is 2.18. The average Bonchev–Trinajstić information content (AvgIpc) is 2.98. The maximum atomic E-state index is 12.1. The van der Waals surface area contributed by atoms with Gasteiger partial charge in [-0.05, 0) is 47.6 Å². The van der Waals surface area contributed by atoms with Crippen molar-refractivity contribution in [1.82, 2.24) is 9.88 Å². The van der Waals surface area contributed by atoms with E-state index in [2.05, 4.69) is 48.6 Å². The smallest absolute Gasteiger partial charge is 0.239 e. The molecule has 2 aromatic carbocycles. The second kappa shape index (κ2) is 7.14. The van der Waals surface area contributed by atoms with Crippen LogP contribution < -0.4 is 5.32 Å². The first kappa shape index (κ1) is 15.3. The first-order valence-electron chi connectivity index (χ1n) is 8.14. The van der Waals surface area contributed by atoms with Crippen molar-refractivity contribution in [2.45, 2.75) is 26.3 Å². The average molecular weight is 306 g/mol. The molecule has 3 heteroatoms. The number of amides is 1. The predicted molar refractivity (Wildman–Crippen MR) is 94.5 cm³/mol. The van der Waals surface area contributed by atoms with Crippen molar-refractivity contribution in [2.24, 2.45) is 0 Å². The number of carbonyl (C=O) groups excluding carboxylic acids is 1. The van der Waals surface area contributed by atoms with Gasteiger partial charge in [0.05, 0.1) is 0 Å². The fourth-order valence-electron chi connectivity index (χ4n) is 2.81. The van der Waals surface area contributed by atoms with Crippen molar-refractivity contribution in [2.75, 3.05) is 6.54 Å². The monoisotopic (exact) mass is 306 g/mol. The van der Waals surface area contributed by atoms with Gasteiger partial charge in [-0.15, -0.1) is 0 Å². The summed E-state index contributed by atoms with van der Waals surface area (Å²) in [6.45, 7) is 3.18. The largest absolute Gasteiger partial charge is 0.354 e. The Labute approximate surface area is 136 Å². The normalized spacial score (nSPS) is 10.8. The second-order valence-corrected chi connectivity index (χ2v) is 5.78. The SMILES string of the molecule is CCc1ccc2c(ccn2CC(=O)NCCc2ccccc2)c1. The zero-order chi connectivity index (χ0) is 16.1. The number of hydrogen-bond acceptors (Lipinski definition) is 1. The Morgan fingerprint density at radius 3 is 2.65 bits per heavy atom. The van der Waals surface area contributed by atoms with E-state index in [1.165, 1.54) is 16.5 Å². The highest BCUT2D eigenvalue weighted by atomic mass is 16.1. The minimum atomic E-state index is 0.0537. The quantitative estimate of drug-likeness (QED) is 0.742. The van der Waals surface area contributed by atoms with Crippen molar-refractivity contribution in [1.29, 1.82) is 0 Å². The van der Waals surface area contributed by atoms with Crippen LogP contribution in [0.4, 0.5) is 0 Å². The molecule has 0 aliphatic heterocycles. The minimum Gasteiger partial charge on any atom is -0.354 e. The summed E-state index contributed by atoms with van der Waals surface area (Å²) in [4.78, 5) is 12.1. The van der Waals surface area contributed by atoms with Crippen molar-refractivity contribution in [3.05, 3.63) is 71.9 Å². The third-order valence-corrected chi connectivity index (χ3v) is 4.14. The Morgan fingerprint density at radius 1 is 1.04 bits per heavy atom. The standard InChI is InChI=1S/C20H22N2O/c1-2-16-8-9-19-18(14-16)11-13-22(19)15-20(23)21-12-10-17-6-4-3-5-7-17/h3-9,11,13-14H,2,10,12,15H2,1H3,(H,21,23). The van der Waals surface area contributed by atoms with Gasteiger partial charge >= 0.3 is 0 Å². The van der Waals surface area contributed by atoms with Crippen LogP contribution in [-0.4, -0.2) is 17.0 Å². The molecule has 118 valence electrons. The summed E-state index contributed by atoms with van der Waals surface area (Å²) in [5.41, 5.74) is 3.68. The summed E-state index contributed by atoms with van der Waals surface area (Å²) in [5, 5.41) is 4.19. The molecule has 0 radical (unpaired) electrons. The van der Waals surface area contributed by atoms with E-state index in [1.54, 1.807) is 0 Å². The van der Waals surface area contributed by atoms with Gasteiger partial charge in [0.1, 0.15) is 6.54 Å². The molecule has 1 N–H and O–H groups in total. The van der Waals surface area contributed by atoms with Gasteiger partial charge in [-0.3, -0.25) is 4.79 Å². The number of nitrogens with one attached hydrogen (secondary N) is 1. The maximum absolute atomic E-state index is 12.1. The first-order valence-corrected chi connectivity index (χ1v) is 8.14. The summed E-state index contributed by atoms with van der Waals surface area (Å²) in [6.07, 6.45) is 3.88. The lowest BCUT2D eigenvalue weighted by molar-refractivity contribution is -0.121. The highest BCUT2D eigenvalue weighted by molar-refractivity contribution is 5.83. The van der Waals surface area contributed by atoms with Gasteiger partial charge in [-0.25, -0.2) is 0 Å². The van der Waals surface area contributed by atoms with E-state index >= 15 is 0 Å². The Morgan fingerprint density at radius 2 is 1.87 bits per heavy atom. The molecule has 0 atom stereocenters. The van der Waals surface area contributed by atoms with Crippen molar-refractivity contribution >= 4 is 16.8 Å². The lowest BCUT2D eigenvalue weighted by Gasteiger charge is -2.08. The number of hydrogen-bond donors (Lipinski definition) is 1. The van der Waals surface area contributed by atoms with Crippen molar-refractivity contribution in [3.8, 4) is 0 Å². The Balaban J connectivity index is 1.57. The fraction of sp³-hybridized carbons (Fsp3) is 0.250. The lowest BCUT2D eigenvalue weighted by Crippen LogP contribution is -2.29. The molecule has 0 saturated heterocycles. The molecular formula is C20H22N2O. The van der Waals surface area contributed by atoms with Gasteiger partial charge in [0.25, 0.3) is 0 Å². The van der Waals surface area contributed by atoms with Crippen LogP contribution >= 0.6 is 0 Å². The topological polar surface area (TPSA) is 34.0 Å². The molecule has 0 aliphatic carbocycles. The number of nitrogens with zero attached hydrogens (tertiary/aromatic N) is 1. The molecule has 0 saturated carbocycles. The van der Waals surface area contributed by atoms with Crippen LogP contribution in [0, 0.1) is 0 Å². The Hall–Kier alpha value is -2.55. The van der Waals surface area contributed by atoms with Crippen LogP contribution in [0.1, 0.15) is 18.1 Å². The predicted octanol–water partition coefficient (Wildman–Crippen LogP) is 3.56. The molecule has 1 heterocycles. The lowest BCUT2D eigenvalue weighted by atomic mass is 10.1. The fourth-order valence-corrected chi connectivity index (χ4v) is 2.81. The van der Waals surface area contributed by atoms with Crippen LogP contribution in [0.25, 0.3) is 10.9 Å². The molecule has 0 fully saturated rings. The zero-order valence-corrected chi connectivity index (χ0v) is 13.5. The zero-order valence-electron chi connectivity index (χ0n) is 13.5. The first-order chi connectivity index (χ1) is 11.3. The summed E-state index contributed by atoms with van der Waals surface area (Å²) < 4.78 is 2.01. The summed E-state index contributed by atoms with van der Waals surface area (Å²) >= 11 is 0. The van der Waals surface area contributed by atoms with Gasteiger partial charge in [0.2, 0.25) is 5.91 Å². The number of aryl methyl sites for hydroxylation is 1. The number of rotatable bonds is 6. The van der Waals surface area contributed by atoms with Crippen LogP contribution in [0.2, 0.25) is 0 Å². The maximum Gasteiger partial charge on any atom is 0.239 e. The number of fused-ring (bicyclic) bond motifs is 1. The summed E-state index contributed by atoms with van der Waals surface area (Å²) in [6, 6.07) is 18.7. The molecule has 3 rings (SSSR count). The third-order valence-electron chi connectivity index (χ3n) is 4.14. The molecule has 23 heavy (non-hydrogen) atoms. The molecule has 0 bridgehead atoms. The van der Waals surface area contributed by atoms with Crippen LogP contribution in [0.5, 0.6) is 0 Å². The van der Waals surface area contributed by atoms with Crippen molar-refractivity contribution < 1.29 is 4.79 Å². The molecule has 3 nitrogen and oxygen atoms in total. The molecule has 0 aliphatic rings. The Bertz CT molecular complexity index is 790. The third kappa shape index (κ3) is 3.81. The van der Waals surface area contributed by atoms with Gasteiger partial charge < -0.3 is 9.88 Å². The second-order valence-electron chi connectivity index (χ2n) is 5.78. The summed E-state index contributed by atoms with van der Waals surface area (Å²) in [7, 11) is 0. The Kier molecular flexibility index (Phi) is 4.77. The van der Waals surface area contributed by atoms with Gasteiger partial charge in [0, 0.05) is 18.3 Å². The highest BCUT2D eigenvalue weighted by Gasteiger charge is 2.06. The van der Waals surface area contributed by atoms with Gasteiger partial charge in [-0.1, -0.05) is 43.3 Å². The number of benzene rings is 2. The van der Waals surface area contributed by atoms with E-state index < -0.39 is 0 Å². The number of carbonyl (C=O) groups is 1. The molecule has 1 amide bonds. The minimum absolute atomic E-state index is 0.0537. The van der Waals surface area contributed by atoms with E-state index in [-0.39, 0.29) is 5.91 Å². The molecule has 0 spiro atoms.